The highest BCUT2D eigenvalue weighted by Gasteiger charge is 2.07. The Morgan fingerprint density at radius 1 is 1.47 bits per heavy atom. The average molecular weight is 249 g/mol. The Morgan fingerprint density at radius 3 is 2.82 bits per heavy atom. The van der Waals surface area contributed by atoms with E-state index in [1.165, 1.54) is 11.8 Å². The number of aryl methyl sites for hydroxylation is 1. The number of hydrogen-bond acceptors (Lipinski definition) is 5. The van der Waals surface area contributed by atoms with Crippen LogP contribution in [0.4, 0.5) is 0 Å². The van der Waals surface area contributed by atoms with Crippen LogP contribution in [-0.4, -0.2) is 9.97 Å². The van der Waals surface area contributed by atoms with Crippen molar-refractivity contribution in [3.05, 3.63) is 36.0 Å². The number of aromatic nitrogens is 2. The summed E-state index contributed by atoms with van der Waals surface area (Å²) in [5.74, 6) is 0. The smallest absolute Gasteiger partial charge is 0.260 e. The molecule has 2 heterocycles. The first-order valence-corrected chi connectivity index (χ1v) is 6.32. The van der Waals surface area contributed by atoms with E-state index in [1.807, 2.05) is 26.0 Å². The van der Waals surface area contributed by atoms with Gasteiger partial charge in [-0.2, -0.15) is 0 Å². The van der Waals surface area contributed by atoms with Crippen molar-refractivity contribution in [2.45, 2.75) is 36.4 Å². The molecule has 0 aliphatic rings. The van der Waals surface area contributed by atoms with Crippen LogP contribution in [0.2, 0.25) is 0 Å². The van der Waals surface area contributed by atoms with Crippen LogP contribution < -0.4 is 5.73 Å². The van der Waals surface area contributed by atoms with Crippen molar-refractivity contribution in [1.82, 2.24) is 9.97 Å². The topological polar surface area (TPSA) is 64.9 Å². The Morgan fingerprint density at radius 2 is 2.29 bits per heavy atom. The summed E-state index contributed by atoms with van der Waals surface area (Å²) in [6, 6.07) is 3.95. The molecule has 0 saturated carbocycles. The zero-order valence-corrected chi connectivity index (χ0v) is 10.7. The Bertz CT molecular complexity index is 481. The van der Waals surface area contributed by atoms with Crippen LogP contribution >= 0.6 is 11.8 Å². The molecule has 2 rings (SSSR count). The van der Waals surface area contributed by atoms with E-state index < -0.39 is 0 Å². The highest BCUT2D eigenvalue weighted by atomic mass is 32.2. The molecule has 2 aromatic rings. The summed E-state index contributed by atoms with van der Waals surface area (Å²) >= 11 is 1.46. The van der Waals surface area contributed by atoms with E-state index in [-0.39, 0.29) is 6.04 Å². The monoisotopic (exact) mass is 249 g/mol. The van der Waals surface area contributed by atoms with Crippen LogP contribution in [0.15, 0.2) is 39.1 Å². The lowest BCUT2D eigenvalue weighted by Crippen LogP contribution is -2.10. The quantitative estimate of drug-likeness (QED) is 0.902. The molecule has 0 aromatic carbocycles. The minimum absolute atomic E-state index is 0.0121. The first-order chi connectivity index (χ1) is 8.19. The van der Waals surface area contributed by atoms with Gasteiger partial charge in [0.15, 0.2) is 0 Å². The number of pyridine rings is 1. The molecule has 1 atom stereocenters. The SMILES string of the molecule is CC[C@H](N)c1ccc(Sc2nc(C)co2)cn1. The summed E-state index contributed by atoms with van der Waals surface area (Å²) in [6.45, 7) is 3.94. The predicted octanol–water partition coefficient (Wildman–Crippen LogP) is 2.94. The van der Waals surface area contributed by atoms with Crippen molar-refractivity contribution < 1.29 is 4.42 Å². The summed E-state index contributed by atoms with van der Waals surface area (Å²) in [7, 11) is 0. The highest BCUT2D eigenvalue weighted by molar-refractivity contribution is 7.99. The number of nitrogens with zero attached hydrogens (tertiary/aromatic N) is 2. The largest absolute Gasteiger partial charge is 0.439 e. The van der Waals surface area contributed by atoms with Crippen molar-refractivity contribution in [2.24, 2.45) is 5.73 Å². The van der Waals surface area contributed by atoms with Crippen LogP contribution in [-0.2, 0) is 0 Å². The van der Waals surface area contributed by atoms with Gasteiger partial charge in [0.05, 0.1) is 11.4 Å². The van der Waals surface area contributed by atoms with Crippen LogP contribution in [0.1, 0.15) is 30.8 Å². The van der Waals surface area contributed by atoms with Crippen molar-refractivity contribution in [3.8, 4) is 0 Å². The zero-order chi connectivity index (χ0) is 12.3. The van der Waals surface area contributed by atoms with Gasteiger partial charge >= 0.3 is 0 Å². The fraction of sp³-hybridized carbons (Fsp3) is 0.333. The summed E-state index contributed by atoms with van der Waals surface area (Å²) in [6.07, 6.45) is 4.32. The maximum Gasteiger partial charge on any atom is 0.260 e. The van der Waals surface area contributed by atoms with Crippen LogP contribution in [0.3, 0.4) is 0 Å². The summed E-state index contributed by atoms with van der Waals surface area (Å²) in [4.78, 5) is 9.56. The van der Waals surface area contributed by atoms with Crippen molar-refractivity contribution in [1.29, 1.82) is 0 Å². The zero-order valence-electron chi connectivity index (χ0n) is 9.88. The fourth-order valence-electron chi connectivity index (χ4n) is 1.36. The lowest BCUT2D eigenvalue weighted by atomic mass is 10.1. The molecule has 0 bridgehead atoms. The van der Waals surface area contributed by atoms with Gasteiger partial charge in [0.25, 0.3) is 5.22 Å². The third-order valence-corrected chi connectivity index (χ3v) is 3.22. The minimum atomic E-state index is 0.0121. The number of nitrogens with two attached hydrogens (primary N) is 1. The van der Waals surface area contributed by atoms with E-state index in [0.29, 0.717) is 5.22 Å². The normalized spacial score (nSPS) is 12.6. The third kappa shape index (κ3) is 3.08. The molecule has 0 fully saturated rings. The summed E-state index contributed by atoms with van der Waals surface area (Å²) in [5, 5.41) is 0.636. The Balaban J connectivity index is 2.08. The summed E-state index contributed by atoms with van der Waals surface area (Å²) < 4.78 is 5.27. The van der Waals surface area contributed by atoms with Gasteiger partial charge in [-0.05, 0) is 37.2 Å². The second-order valence-electron chi connectivity index (χ2n) is 3.79. The predicted molar refractivity (Wildman–Crippen MR) is 66.8 cm³/mol. The first kappa shape index (κ1) is 12.1. The third-order valence-electron chi connectivity index (χ3n) is 2.38. The fourth-order valence-corrected chi connectivity index (χ4v) is 2.09. The number of oxazole rings is 1. The van der Waals surface area contributed by atoms with Crippen molar-refractivity contribution >= 4 is 11.8 Å². The van der Waals surface area contributed by atoms with Crippen molar-refractivity contribution in [2.75, 3.05) is 0 Å². The van der Waals surface area contributed by atoms with Gasteiger partial charge in [-0.3, -0.25) is 4.98 Å². The second-order valence-corrected chi connectivity index (χ2v) is 4.82. The lowest BCUT2D eigenvalue weighted by Gasteiger charge is -2.07. The molecule has 0 amide bonds. The molecule has 0 radical (unpaired) electrons. The van der Waals surface area contributed by atoms with E-state index in [9.17, 15) is 0 Å². The van der Waals surface area contributed by atoms with Crippen LogP contribution in [0, 0.1) is 6.92 Å². The van der Waals surface area contributed by atoms with Gasteiger partial charge in [0.2, 0.25) is 0 Å². The minimum Gasteiger partial charge on any atom is -0.439 e. The molecule has 2 aromatic heterocycles. The molecule has 0 spiro atoms. The van der Waals surface area contributed by atoms with Gasteiger partial charge in [-0.25, -0.2) is 4.98 Å². The number of rotatable bonds is 4. The second kappa shape index (κ2) is 5.33. The molecule has 17 heavy (non-hydrogen) atoms. The molecule has 90 valence electrons. The molecule has 0 saturated heterocycles. The van der Waals surface area contributed by atoms with E-state index in [2.05, 4.69) is 9.97 Å². The first-order valence-electron chi connectivity index (χ1n) is 5.50. The molecular weight excluding hydrogens is 234 g/mol. The van der Waals surface area contributed by atoms with E-state index in [1.54, 1.807) is 12.5 Å². The van der Waals surface area contributed by atoms with Crippen molar-refractivity contribution in [3.63, 3.8) is 0 Å². The van der Waals surface area contributed by atoms with Gasteiger partial charge in [-0.1, -0.05) is 6.92 Å². The Hall–Kier alpha value is -1.33. The summed E-state index contributed by atoms with van der Waals surface area (Å²) in [5.41, 5.74) is 7.70. The van der Waals surface area contributed by atoms with Gasteiger partial charge < -0.3 is 10.2 Å². The average Bonchev–Trinajstić information content (AvgIpc) is 2.75. The maximum atomic E-state index is 5.90. The van der Waals surface area contributed by atoms with Gasteiger partial charge in [0, 0.05) is 17.1 Å². The lowest BCUT2D eigenvalue weighted by molar-refractivity contribution is 0.454. The molecule has 2 N–H and O–H groups in total. The van der Waals surface area contributed by atoms with Crippen LogP contribution in [0.5, 0.6) is 0 Å². The van der Waals surface area contributed by atoms with E-state index >= 15 is 0 Å². The van der Waals surface area contributed by atoms with Gasteiger partial charge in [-0.15, -0.1) is 0 Å². The molecule has 5 heteroatoms. The Kier molecular flexibility index (Phi) is 3.81. The van der Waals surface area contributed by atoms with E-state index in [0.717, 1.165) is 22.7 Å². The molecule has 0 aliphatic heterocycles. The van der Waals surface area contributed by atoms with E-state index in [4.69, 9.17) is 10.2 Å². The molecule has 4 nitrogen and oxygen atoms in total. The van der Waals surface area contributed by atoms with Crippen LogP contribution in [0.25, 0.3) is 0 Å². The molecular formula is C12H15N3OS. The highest BCUT2D eigenvalue weighted by Crippen LogP contribution is 2.26. The maximum absolute atomic E-state index is 5.90. The standard InChI is InChI=1S/C12H15N3OS/c1-3-10(13)11-5-4-9(6-14-11)17-12-15-8(2)7-16-12/h4-7,10H,3,13H2,1-2H3/t10-/m0/s1. The Labute approximate surface area is 105 Å². The van der Waals surface area contributed by atoms with Gasteiger partial charge in [0.1, 0.15) is 6.26 Å². The molecule has 0 aliphatic carbocycles. The number of hydrogen-bond donors (Lipinski definition) is 1. The molecule has 0 unspecified atom stereocenters.